The maximum atomic E-state index is 14.7. The van der Waals surface area contributed by atoms with Gasteiger partial charge in [0.15, 0.2) is 11.5 Å². The van der Waals surface area contributed by atoms with E-state index in [0.29, 0.717) is 0 Å². The smallest absolute Gasteiger partial charge is 0.435 e. The fourth-order valence-corrected chi connectivity index (χ4v) is 4.63. The summed E-state index contributed by atoms with van der Waals surface area (Å²) in [6, 6.07) is 6.12. The molecule has 0 aliphatic rings. The number of halogens is 12. The second kappa shape index (κ2) is 13.2. The molecule has 1 N–H and O–H groups in total. The predicted octanol–water partition coefficient (Wildman–Crippen LogP) is 8.95. The van der Waals surface area contributed by atoms with Gasteiger partial charge in [-0.05, 0) is 49.4 Å². The summed E-state index contributed by atoms with van der Waals surface area (Å²) in [5.41, 5.74) is -10.0. The summed E-state index contributed by atoms with van der Waals surface area (Å²) in [5, 5.41) is 0.448. The molecule has 0 saturated carbocycles. The van der Waals surface area contributed by atoms with Crippen molar-refractivity contribution in [3.63, 3.8) is 0 Å². The summed E-state index contributed by atoms with van der Waals surface area (Å²) in [7, 11) is 1.07. The van der Waals surface area contributed by atoms with Gasteiger partial charge in [-0.25, -0.2) is 8.78 Å². The van der Waals surface area contributed by atoms with E-state index in [1.54, 1.807) is 0 Å². The van der Waals surface area contributed by atoms with E-state index in [4.69, 9.17) is 27.9 Å². The minimum absolute atomic E-state index is 0.0684. The molecular formula is C27H18Cl2F10N2O4. The summed E-state index contributed by atoms with van der Waals surface area (Å²) in [5.74, 6) is -4.66. The molecule has 0 aromatic heterocycles. The van der Waals surface area contributed by atoms with Crippen LogP contribution in [0.15, 0.2) is 48.5 Å². The quantitative estimate of drug-likeness (QED) is 0.227. The van der Waals surface area contributed by atoms with Crippen LogP contribution in [0.3, 0.4) is 0 Å². The van der Waals surface area contributed by atoms with Crippen LogP contribution in [-0.2, 0) is 5.67 Å². The lowest BCUT2D eigenvalue weighted by atomic mass is 9.93. The zero-order valence-corrected chi connectivity index (χ0v) is 24.0. The first-order valence-corrected chi connectivity index (χ1v) is 12.9. The third kappa shape index (κ3) is 7.01. The summed E-state index contributed by atoms with van der Waals surface area (Å²) >= 11 is 11.8. The van der Waals surface area contributed by atoms with Crippen molar-refractivity contribution in [1.82, 2.24) is 0 Å². The number of carbonyl (C=O) groups excluding carboxylic acids is 2. The predicted molar refractivity (Wildman–Crippen MR) is 143 cm³/mol. The van der Waals surface area contributed by atoms with Crippen molar-refractivity contribution in [2.24, 2.45) is 0 Å². The molecule has 45 heavy (non-hydrogen) atoms. The molecule has 244 valence electrons. The third-order valence-electron chi connectivity index (χ3n) is 6.14. The van der Waals surface area contributed by atoms with Crippen molar-refractivity contribution in [2.45, 2.75) is 31.6 Å². The average molecular weight is 695 g/mol. The second-order valence-electron chi connectivity index (χ2n) is 8.85. The lowest BCUT2D eigenvalue weighted by molar-refractivity contribution is -0.348. The van der Waals surface area contributed by atoms with E-state index in [1.807, 2.05) is 5.32 Å². The Labute approximate surface area is 257 Å². The molecule has 0 radical (unpaired) electrons. The maximum absolute atomic E-state index is 14.7. The standard InChI is InChI=1S/C27H18Cl2F10N2O4/c1-3-41(23(43)14-8-7-13(30)11-16(14)28)18-6-4-5-15(21(18)44-2)22(42)40-20-17(29)9-12(10-19(20)45-24(31)32)25(33,26(34,35)36)27(37,38)39/h4-11,24H,3H2,1-2H3,(H,40,42). The van der Waals surface area contributed by atoms with Gasteiger partial charge in [0.2, 0.25) is 0 Å². The molecule has 0 bridgehead atoms. The summed E-state index contributed by atoms with van der Waals surface area (Å²) in [6.45, 7) is -2.43. The Balaban J connectivity index is 2.12. The Morgan fingerprint density at radius 2 is 1.53 bits per heavy atom. The largest absolute Gasteiger partial charge is 0.494 e. The van der Waals surface area contributed by atoms with Crippen molar-refractivity contribution in [3.8, 4) is 11.5 Å². The zero-order chi connectivity index (χ0) is 34.1. The minimum atomic E-state index is -6.62. The number of methoxy groups -OCH3 is 1. The van der Waals surface area contributed by atoms with Crippen LogP contribution in [-0.4, -0.2) is 44.4 Å². The lowest BCUT2D eigenvalue weighted by Gasteiger charge is -2.31. The van der Waals surface area contributed by atoms with Crippen molar-refractivity contribution in [2.75, 3.05) is 23.9 Å². The van der Waals surface area contributed by atoms with Crippen LogP contribution in [0, 0.1) is 5.82 Å². The normalized spacial score (nSPS) is 12.2. The molecule has 3 aromatic rings. The summed E-state index contributed by atoms with van der Waals surface area (Å²) in [6.07, 6.45) is -13.2. The van der Waals surface area contributed by atoms with Crippen molar-refractivity contribution >= 4 is 46.4 Å². The number of anilines is 2. The highest BCUT2D eigenvalue weighted by Gasteiger charge is 2.73. The van der Waals surface area contributed by atoms with Crippen molar-refractivity contribution < 1.29 is 63.0 Å². The molecule has 0 fully saturated rings. The van der Waals surface area contributed by atoms with Gasteiger partial charge in [-0.1, -0.05) is 29.3 Å². The minimum Gasteiger partial charge on any atom is -0.494 e. The van der Waals surface area contributed by atoms with Crippen LogP contribution < -0.4 is 19.7 Å². The van der Waals surface area contributed by atoms with E-state index >= 15 is 0 Å². The van der Waals surface area contributed by atoms with Gasteiger partial charge in [0, 0.05) is 12.1 Å². The highest BCUT2D eigenvalue weighted by Crippen LogP contribution is 2.55. The maximum Gasteiger partial charge on any atom is 0.435 e. The van der Waals surface area contributed by atoms with Gasteiger partial charge in [0.05, 0.1) is 34.0 Å². The SMILES string of the molecule is CCN(C(=O)c1ccc(F)cc1Cl)c1cccc(C(=O)Nc2c(Cl)cc(C(F)(C(F)(F)F)C(F)(F)F)cc2OC(F)F)c1OC. The third-order valence-corrected chi connectivity index (χ3v) is 6.76. The number of carbonyl (C=O) groups is 2. The van der Waals surface area contributed by atoms with Crippen molar-refractivity contribution in [3.05, 3.63) is 81.1 Å². The molecule has 3 rings (SSSR count). The van der Waals surface area contributed by atoms with E-state index < -0.39 is 69.9 Å². The highest BCUT2D eigenvalue weighted by atomic mass is 35.5. The van der Waals surface area contributed by atoms with Gasteiger partial charge < -0.3 is 19.7 Å². The first kappa shape index (κ1) is 35.6. The Morgan fingerprint density at radius 3 is 2.04 bits per heavy atom. The number of para-hydroxylation sites is 1. The zero-order valence-electron chi connectivity index (χ0n) is 22.5. The molecule has 0 aliphatic heterocycles. The van der Waals surface area contributed by atoms with Crippen molar-refractivity contribution in [1.29, 1.82) is 0 Å². The molecule has 0 heterocycles. The van der Waals surface area contributed by atoms with Crippen LogP contribution in [0.5, 0.6) is 11.5 Å². The van der Waals surface area contributed by atoms with Crippen LogP contribution in [0.1, 0.15) is 33.2 Å². The number of benzene rings is 3. The van der Waals surface area contributed by atoms with Crippen LogP contribution in [0.2, 0.25) is 10.0 Å². The highest BCUT2D eigenvalue weighted by molar-refractivity contribution is 6.35. The van der Waals surface area contributed by atoms with E-state index in [0.717, 1.165) is 36.3 Å². The Morgan fingerprint density at radius 1 is 0.911 bits per heavy atom. The molecule has 0 atom stereocenters. The fraction of sp³-hybridized carbons (Fsp3) is 0.259. The Kier molecular flexibility index (Phi) is 10.4. The number of nitrogens with zero attached hydrogens (tertiary/aromatic N) is 1. The molecule has 2 amide bonds. The van der Waals surface area contributed by atoms with E-state index in [9.17, 15) is 53.5 Å². The first-order valence-electron chi connectivity index (χ1n) is 12.1. The van der Waals surface area contributed by atoms with Crippen LogP contribution >= 0.6 is 23.2 Å². The Hall–Kier alpha value is -3.92. The molecule has 18 heteroatoms. The van der Waals surface area contributed by atoms with Gasteiger partial charge in [-0.3, -0.25) is 9.59 Å². The van der Waals surface area contributed by atoms with Crippen LogP contribution in [0.4, 0.5) is 55.3 Å². The molecule has 6 nitrogen and oxygen atoms in total. The Bertz CT molecular complexity index is 1580. The number of nitrogens with one attached hydrogen (secondary N) is 1. The van der Waals surface area contributed by atoms with Gasteiger partial charge in [-0.15, -0.1) is 0 Å². The molecular weight excluding hydrogens is 677 g/mol. The number of amides is 2. The van der Waals surface area contributed by atoms with E-state index in [2.05, 4.69) is 4.74 Å². The average Bonchev–Trinajstić information content (AvgIpc) is 2.92. The van der Waals surface area contributed by atoms with Gasteiger partial charge >= 0.3 is 24.6 Å². The number of hydrogen-bond acceptors (Lipinski definition) is 4. The second-order valence-corrected chi connectivity index (χ2v) is 9.66. The number of ether oxygens (including phenoxy) is 2. The topological polar surface area (TPSA) is 67.9 Å². The summed E-state index contributed by atoms with van der Waals surface area (Å²) < 4.78 is 144. The van der Waals surface area contributed by atoms with Crippen LogP contribution in [0.25, 0.3) is 0 Å². The fourth-order valence-electron chi connectivity index (χ4n) is 4.12. The monoisotopic (exact) mass is 694 g/mol. The summed E-state index contributed by atoms with van der Waals surface area (Å²) in [4.78, 5) is 27.6. The molecule has 0 spiro atoms. The van der Waals surface area contributed by atoms with E-state index in [-0.39, 0.29) is 40.7 Å². The van der Waals surface area contributed by atoms with Gasteiger partial charge in [0.1, 0.15) is 11.5 Å². The van der Waals surface area contributed by atoms with E-state index in [1.165, 1.54) is 19.1 Å². The first-order chi connectivity index (χ1) is 20.8. The van der Waals surface area contributed by atoms with Gasteiger partial charge in [-0.2, -0.15) is 35.1 Å². The molecule has 0 unspecified atom stereocenters. The molecule has 0 saturated heterocycles. The van der Waals surface area contributed by atoms with Gasteiger partial charge in [0.25, 0.3) is 11.8 Å². The number of rotatable bonds is 9. The molecule has 3 aromatic carbocycles. The lowest BCUT2D eigenvalue weighted by Crippen LogP contribution is -2.50. The number of hydrogen-bond donors (Lipinski definition) is 1. The molecule has 0 aliphatic carbocycles. The number of alkyl halides is 9.